The van der Waals surface area contributed by atoms with Gasteiger partial charge in [-0.3, -0.25) is 9.69 Å². The molecular formula is C8H14N2O2S. The van der Waals surface area contributed by atoms with Crippen LogP contribution in [0.5, 0.6) is 0 Å². The van der Waals surface area contributed by atoms with E-state index in [0.29, 0.717) is 18.2 Å². The van der Waals surface area contributed by atoms with Gasteiger partial charge in [-0.15, -0.1) is 0 Å². The first-order chi connectivity index (χ1) is 6.06. The number of rotatable bonds is 3. The van der Waals surface area contributed by atoms with Crippen LogP contribution >= 0.6 is 12.6 Å². The normalized spacial score (nSPS) is 22.8. The van der Waals surface area contributed by atoms with Gasteiger partial charge in [0.05, 0.1) is 0 Å². The molecule has 1 aliphatic heterocycles. The van der Waals surface area contributed by atoms with E-state index in [1.807, 2.05) is 13.8 Å². The van der Waals surface area contributed by atoms with Crippen molar-refractivity contribution in [2.75, 3.05) is 12.3 Å². The molecule has 1 fully saturated rings. The Hall–Kier alpha value is -0.710. The van der Waals surface area contributed by atoms with Crippen molar-refractivity contribution >= 4 is 24.6 Å². The molecule has 74 valence electrons. The van der Waals surface area contributed by atoms with E-state index in [2.05, 4.69) is 17.9 Å². The van der Waals surface area contributed by atoms with Gasteiger partial charge in [-0.1, -0.05) is 13.8 Å². The molecule has 0 radical (unpaired) electrons. The minimum Gasteiger partial charge on any atom is -0.325 e. The van der Waals surface area contributed by atoms with Gasteiger partial charge in [0.15, 0.2) is 0 Å². The number of hydrogen-bond acceptors (Lipinski definition) is 3. The molecule has 0 aliphatic carbocycles. The average molecular weight is 202 g/mol. The van der Waals surface area contributed by atoms with Crippen LogP contribution in [-0.2, 0) is 4.79 Å². The third-order valence-corrected chi connectivity index (χ3v) is 2.20. The molecule has 1 atom stereocenters. The molecule has 0 aromatic rings. The molecule has 0 spiro atoms. The third-order valence-electron chi connectivity index (χ3n) is 1.84. The third kappa shape index (κ3) is 2.15. The quantitative estimate of drug-likeness (QED) is 0.517. The van der Waals surface area contributed by atoms with E-state index in [1.54, 1.807) is 0 Å². The first-order valence-corrected chi connectivity index (χ1v) is 4.92. The number of carbonyl (C=O) groups excluding carboxylic acids is 2. The van der Waals surface area contributed by atoms with E-state index in [0.717, 1.165) is 0 Å². The van der Waals surface area contributed by atoms with Crippen molar-refractivity contribution in [2.24, 2.45) is 5.92 Å². The van der Waals surface area contributed by atoms with E-state index >= 15 is 0 Å². The second kappa shape index (κ2) is 4.00. The summed E-state index contributed by atoms with van der Waals surface area (Å²) < 4.78 is 0. The second-order valence-corrected chi connectivity index (χ2v) is 3.89. The highest BCUT2D eigenvalue weighted by molar-refractivity contribution is 7.80. The summed E-state index contributed by atoms with van der Waals surface area (Å²) in [5, 5.41) is 2.57. The monoisotopic (exact) mass is 202 g/mol. The van der Waals surface area contributed by atoms with Gasteiger partial charge in [-0.2, -0.15) is 12.6 Å². The Bertz CT molecular complexity index is 230. The van der Waals surface area contributed by atoms with E-state index in [-0.39, 0.29) is 11.9 Å². The summed E-state index contributed by atoms with van der Waals surface area (Å²) in [4.78, 5) is 24.0. The van der Waals surface area contributed by atoms with Gasteiger partial charge in [-0.05, 0) is 5.92 Å². The van der Waals surface area contributed by atoms with E-state index in [1.165, 1.54) is 4.90 Å². The topological polar surface area (TPSA) is 49.4 Å². The number of amides is 3. The Kier molecular flexibility index (Phi) is 3.19. The molecule has 0 saturated carbocycles. The molecule has 1 rings (SSSR count). The van der Waals surface area contributed by atoms with Crippen molar-refractivity contribution in [3.63, 3.8) is 0 Å². The summed E-state index contributed by atoms with van der Waals surface area (Å²) in [6, 6.07) is -0.729. The molecule has 1 N–H and O–H groups in total. The molecule has 1 saturated heterocycles. The smallest absolute Gasteiger partial charge is 0.324 e. The number of hydrogen-bond donors (Lipinski definition) is 2. The lowest BCUT2D eigenvalue weighted by Crippen LogP contribution is -2.34. The van der Waals surface area contributed by atoms with Crippen LogP contribution in [0.1, 0.15) is 13.8 Å². The van der Waals surface area contributed by atoms with Gasteiger partial charge in [-0.25, -0.2) is 4.79 Å². The SMILES string of the molecule is CC(C)CN1C(=O)NC(CS)C1=O. The maximum absolute atomic E-state index is 11.5. The van der Waals surface area contributed by atoms with Crippen LogP contribution in [0.15, 0.2) is 0 Å². The standard InChI is InChI=1S/C8H14N2O2S/c1-5(2)3-10-7(11)6(4-13)9-8(10)12/h5-6,13H,3-4H2,1-2H3,(H,9,12). The lowest BCUT2D eigenvalue weighted by Gasteiger charge is -2.14. The molecule has 5 heteroatoms. The van der Waals surface area contributed by atoms with Gasteiger partial charge < -0.3 is 5.32 Å². The minimum absolute atomic E-state index is 0.159. The average Bonchev–Trinajstić information content (AvgIpc) is 2.31. The Morgan fingerprint density at radius 2 is 2.15 bits per heavy atom. The van der Waals surface area contributed by atoms with Crippen LogP contribution in [0.4, 0.5) is 4.79 Å². The molecule has 13 heavy (non-hydrogen) atoms. The summed E-state index contributed by atoms with van der Waals surface area (Å²) in [5.74, 6) is 0.501. The van der Waals surface area contributed by atoms with E-state index < -0.39 is 6.04 Å². The summed E-state index contributed by atoms with van der Waals surface area (Å²) in [5.41, 5.74) is 0. The maximum atomic E-state index is 11.5. The first-order valence-electron chi connectivity index (χ1n) is 4.29. The fourth-order valence-electron chi connectivity index (χ4n) is 1.24. The summed E-state index contributed by atoms with van der Waals surface area (Å²) >= 11 is 3.98. The number of nitrogens with one attached hydrogen (secondary N) is 1. The van der Waals surface area contributed by atoms with E-state index in [4.69, 9.17) is 0 Å². The Labute approximate surface area is 83.1 Å². The summed E-state index contributed by atoms with van der Waals surface area (Å²) in [7, 11) is 0. The van der Waals surface area contributed by atoms with Gasteiger partial charge in [0.25, 0.3) is 5.91 Å². The Morgan fingerprint density at radius 1 is 1.54 bits per heavy atom. The molecule has 0 aromatic heterocycles. The molecule has 0 bridgehead atoms. The molecule has 0 aromatic carbocycles. The van der Waals surface area contributed by atoms with Crippen LogP contribution < -0.4 is 5.32 Å². The fraction of sp³-hybridized carbons (Fsp3) is 0.750. The zero-order chi connectivity index (χ0) is 10.0. The first kappa shape index (κ1) is 10.4. The number of urea groups is 1. The van der Waals surface area contributed by atoms with Crippen molar-refractivity contribution in [1.82, 2.24) is 10.2 Å². The van der Waals surface area contributed by atoms with E-state index in [9.17, 15) is 9.59 Å². The van der Waals surface area contributed by atoms with Crippen LogP contribution in [0.3, 0.4) is 0 Å². The highest BCUT2D eigenvalue weighted by atomic mass is 32.1. The zero-order valence-corrected chi connectivity index (χ0v) is 8.67. The van der Waals surface area contributed by atoms with Gasteiger partial charge in [0, 0.05) is 12.3 Å². The van der Waals surface area contributed by atoms with Crippen LogP contribution in [0, 0.1) is 5.92 Å². The number of thiol groups is 1. The number of imide groups is 1. The summed E-state index contributed by atoms with van der Waals surface area (Å²) in [6.45, 7) is 4.41. The van der Waals surface area contributed by atoms with Crippen molar-refractivity contribution in [2.45, 2.75) is 19.9 Å². The van der Waals surface area contributed by atoms with Gasteiger partial charge in [0.1, 0.15) is 6.04 Å². The molecule has 3 amide bonds. The van der Waals surface area contributed by atoms with Crippen LogP contribution in [0.2, 0.25) is 0 Å². The Morgan fingerprint density at radius 3 is 2.54 bits per heavy atom. The van der Waals surface area contributed by atoms with Crippen molar-refractivity contribution in [1.29, 1.82) is 0 Å². The zero-order valence-electron chi connectivity index (χ0n) is 7.78. The fourth-order valence-corrected chi connectivity index (χ4v) is 1.49. The highest BCUT2D eigenvalue weighted by Gasteiger charge is 2.36. The minimum atomic E-state index is -0.436. The van der Waals surface area contributed by atoms with Crippen molar-refractivity contribution in [3.05, 3.63) is 0 Å². The lowest BCUT2D eigenvalue weighted by molar-refractivity contribution is -0.127. The number of carbonyl (C=O) groups is 2. The van der Waals surface area contributed by atoms with Crippen LogP contribution in [0.25, 0.3) is 0 Å². The molecule has 1 heterocycles. The predicted molar refractivity (Wildman–Crippen MR) is 52.7 cm³/mol. The van der Waals surface area contributed by atoms with Crippen molar-refractivity contribution in [3.8, 4) is 0 Å². The molecular weight excluding hydrogens is 188 g/mol. The van der Waals surface area contributed by atoms with Gasteiger partial charge >= 0.3 is 6.03 Å². The summed E-state index contributed by atoms with van der Waals surface area (Å²) in [6.07, 6.45) is 0. The molecule has 1 aliphatic rings. The predicted octanol–water partition coefficient (Wildman–Crippen LogP) is 0.493. The highest BCUT2D eigenvalue weighted by Crippen LogP contribution is 2.09. The van der Waals surface area contributed by atoms with Gasteiger partial charge in [0.2, 0.25) is 0 Å². The molecule has 4 nitrogen and oxygen atoms in total. The molecule has 1 unspecified atom stereocenters. The van der Waals surface area contributed by atoms with Crippen molar-refractivity contribution < 1.29 is 9.59 Å². The maximum Gasteiger partial charge on any atom is 0.324 e. The largest absolute Gasteiger partial charge is 0.325 e. The lowest BCUT2D eigenvalue weighted by atomic mass is 10.2. The van der Waals surface area contributed by atoms with Crippen LogP contribution in [-0.4, -0.2) is 35.2 Å². The number of nitrogens with zero attached hydrogens (tertiary/aromatic N) is 1. The second-order valence-electron chi connectivity index (χ2n) is 3.53. The Balaban J connectivity index is 2.65.